The maximum absolute atomic E-state index is 4.56. The van der Waals surface area contributed by atoms with Gasteiger partial charge in [0.05, 0.1) is 23.3 Å². The third-order valence-corrected chi connectivity index (χ3v) is 4.46. The molecule has 4 nitrogen and oxygen atoms in total. The summed E-state index contributed by atoms with van der Waals surface area (Å²) in [5.74, 6) is 0. The SMILES string of the molecule is CNc1nc(-c2cnn(-c3cc(C)ccc3C)c2C)cs1. The molecular formula is C16H18N4S. The third-order valence-electron chi connectivity index (χ3n) is 3.60. The summed E-state index contributed by atoms with van der Waals surface area (Å²) >= 11 is 1.60. The van der Waals surface area contributed by atoms with Crippen LogP contribution in [0.5, 0.6) is 0 Å². The Balaban J connectivity index is 2.08. The average Bonchev–Trinajstić information content (AvgIpc) is 3.08. The van der Waals surface area contributed by atoms with E-state index in [1.807, 2.05) is 17.9 Å². The molecule has 1 aromatic carbocycles. The Morgan fingerprint density at radius 1 is 1.19 bits per heavy atom. The van der Waals surface area contributed by atoms with Crippen molar-refractivity contribution in [1.82, 2.24) is 14.8 Å². The van der Waals surface area contributed by atoms with Crippen molar-refractivity contribution in [3.63, 3.8) is 0 Å². The fourth-order valence-corrected chi connectivity index (χ4v) is 3.04. The van der Waals surface area contributed by atoms with Crippen LogP contribution in [0.25, 0.3) is 16.9 Å². The van der Waals surface area contributed by atoms with Gasteiger partial charge in [-0.25, -0.2) is 9.67 Å². The molecule has 3 aromatic rings. The van der Waals surface area contributed by atoms with Gasteiger partial charge in [-0.15, -0.1) is 11.3 Å². The number of rotatable bonds is 3. The van der Waals surface area contributed by atoms with Crippen molar-refractivity contribution in [2.75, 3.05) is 12.4 Å². The van der Waals surface area contributed by atoms with Crippen LogP contribution in [-0.4, -0.2) is 21.8 Å². The van der Waals surface area contributed by atoms with E-state index in [1.165, 1.54) is 11.1 Å². The van der Waals surface area contributed by atoms with Crippen LogP contribution in [0.1, 0.15) is 16.8 Å². The number of thiazole rings is 1. The Labute approximate surface area is 128 Å². The Bertz CT molecular complexity index is 785. The predicted molar refractivity (Wildman–Crippen MR) is 88.4 cm³/mol. The second-order valence-corrected chi connectivity index (χ2v) is 5.99. The molecule has 21 heavy (non-hydrogen) atoms. The molecule has 0 unspecified atom stereocenters. The van der Waals surface area contributed by atoms with Crippen molar-refractivity contribution in [2.24, 2.45) is 0 Å². The highest BCUT2D eigenvalue weighted by atomic mass is 32.1. The summed E-state index contributed by atoms with van der Waals surface area (Å²) < 4.78 is 2.00. The van der Waals surface area contributed by atoms with E-state index >= 15 is 0 Å². The monoisotopic (exact) mass is 298 g/mol. The molecule has 5 heteroatoms. The summed E-state index contributed by atoms with van der Waals surface area (Å²) in [5, 5.41) is 10.6. The van der Waals surface area contributed by atoms with Crippen molar-refractivity contribution in [3.05, 3.63) is 46.6 Å². The number of nitrogens with zero attached hydrogens (tertiary/aromatic N) is 3. The van der Waals surface area contributed by atoms with E-state index in [0.29, 0.717) is 0 Å². The van der Waals surface area contributed by atoms with Crippen molar-refractivity contribution in [3.8, 4) is 16.9 Å². The zero-order valence-corrected chi connectivity index (χ0v) is 13.5. The minimum atomic E-state index is 0.920. The molecular weight excluding hydrogens is 280 g/mol. The molecule has 0 aliphatic carbocycles. The Hall–Kier alpha value is -2.14. The summed E-state index contributed by atoms with van der Waals surface area (Å²) in [5.41, 5.74) is 6.73. The Kier molecular flexibility index (Phi) is 3.51. The predicted octanol–water partition coefficient (Wildman–Crippen LogP) is 3.96. The standard InChI is InChI=1S/C16H18N4S/c1-10-5-6-11(2)15(7-10)20-12(3)13(8-18-20)14-9-21-16(17-4)19-14/h5-9H,1-4H3,(H,17,19). The number of hydrogen-bond donors (Lipinski definition) is 1. The Morgan fingerprint density at radius 2 is 2.00 bits per heavy atom. The van der Waals surface area contributed by atoms with Gasteiger partial charge < -0.3 is 5.32 Å². The molecule has 0 bridgehead atoms. The first-order valence-corrected chi connectivity index (χ1v) is 7.74. The minimum Gasteiger partial charge on any atom is -0.365 e. The highest BCUT2D eigenvalue weighted by molar-refractivity contribution is 7.14. The van der Waals surface area contributed by atoms with E-state index in [2.05, 4.69) is 59.7 Å². The van der Waals surface area contributed by atoms with Crippen molar-refractivity contribution in [1.29, 1.82) is 0 Å². The highest BCUT2D eigenvalue weighted by Gasteiger charge is 2.14. The number of anilines is 1. The lowest BCUT2D eigenvalue weighted by Crippen LogP contribution is -2.01. The molecule has 0 spiro atoms. The number of hydrogen-bond acceptors (Lipinski definition) is 4. The molecule has 2 heterocycles. The molecule has 2 aromatic heterocycles. The Morgan fingerprint density at radius 3 is 2.71 bits per heavy atom. The van der Waals surface area contributed by atoms with Crippen LogP contribution in [0.4, 0.5) is 5.13 Å². The van der Waals surface area contributed by atoms with Gasteiger partial charge in [-0.2, -0.15) is 5.10 Å². The largest absolute Gasteiger partial charge is 0.365 e. The molecule has 0 fully saturated rings. The van der Waals surface area contributed by atoms with E-state index in [1.54, 1.807) is 11.3 Å². The first-order chi connectivity index (χ1) is 10.1. The maximum atomic E-state index is 4.56. The van der Waals surface area contributed by atoms with Gasteiger partial charge in [-0.3, -0.25) is 0 Å². The lowest BCUT2D eigenvalue weighted by atomic mass is 10.1. The number of benzene rings is 1. The molecule has 1 N–H and O–H groups in total. The van der Waals surface area contributed by atoms with Gasteiger partial charge in [0.2, 0.25) is 0 Å². The lowest BCUT2D eigenvalue weighted by molar-refractivity contribution is 0.839. The normalized spacial score (nSPS) is 10.9. The maximum Gasteiger partial charge on any atom is 0.182 e. The molecule has 0 aliphatic rings. The van der Waals surface area contributed by atoms with Crippen LogP contribution < -0.4 is 5.32 Å². The van der Waals surface area contributed by atoms with Gasteiger partial charge in [-0.05, 0) is 38.0 Å². The van der Waals surface area contributed by atoms with Crippen molar-refractivity contribution in [2.45, 2.75) is 20.8 Å². The minimum absolute atomic E-state index is 0.920. The molecule has 0 atom stereocenters. The van der Waals surface area contributed by atoms with Crippen LogP contribution in [0, 0.1) is 20.8 Å². The molecule has 0 saturated heterocycles. The summed E-state index contributed by atoms with van der Waals surface area (Å²) in [4.78, 5) is 4.56. The smallest absolute Gasteiger partial charge is 0.182 e. The van der Waals surface area contributed by atoms with Crippen LogP contribution in [0.3, 0.4) is 0 Å². The zero-order valence-electron chi connectivity index (χ0n) is 12.6. The van der Waals surface area contributed by atoms with Gasteiger partial charge in [0.1, 0.15) is 0 Å². The van der Waals surface area contributed by atoms with E-state index < -0.39 is 0 Å². The van der Waals surface area contributed by atoms with Crippen LogP contribution in [0.15, 0.2) is 29.8 Å². The molecule has 3 rings (SSSR count). The van der Waals surface area contributed by atoms with Crippen LogP contribution in [0.2, 0.25) is 0 Å². The molecule has 0 saturated carbocycles. The average molecular weight is 298 g/mol. The number of aromatic nitrogens is 3. The highest BCUT2D eigenvalue weighted by Crippen LogP contribution is 2.29. The van der Waals surface area contributed by atoms with E-state index in [-0.39, 0.29) is 0 Å². The fraction of sp³-hybridized carbons (Fsp3) is 0.250. The van der Waals surface area contributed by atoms with E-state index in [0.717, 1.165) is 27.8 Å². The number of aryl methyl sites for hydroxylation is 2. The van der Waals surface area contributed by atoms with E-state index in [4.69, 9.17) is 0 Å². The van der Waals surface area contributed by atoms with Gasteiger partial charge in [0, 0.05) is 18.0 Å². The van der Waals surface area contributed by atoms with Crippen molar-refractivity contribution >= 4 is 16.5 Å². The first kappa shape index (κ1) is 13.8. The van der Waals surface area contributed by atoms with Crippen LogP contribution >= 0.6 is 11.3 Å². The van der Waals surface area contributed by atoms with Crippen LogP contribution in [-0.2, 0) is 0 Å². The van der Waals surface area contributed by atoms with Gasteiger partial charge in [0.25, 0.3) is 0 Å². The lowest BCUT2D eigenvalue weighted by Gasteiger charge is -2.09. The topological polar surface area (TPSA) is 42.7 Å². The molecule has 0 radical (unpaired) electrons. The van der Waals surface area contributed by atoms with Gasteiger partial charge in [-0.1, -0.05) is 12.1 Å². The number of nitrogens with one attached hydrogen (secondary N) is 1. The fourth-order valence-electron chi connectivity index (χ4n) is 2.36. The summed E-state index contributed by atoms with van der Waals surface area (Å²) in [7, 11) is 1.88. The quantitative estimate of drug-likeness (QED) is 0.796. The van der Waals surface area contributed by atoms with E-state index in [9.17, 15) is 0 Å². The molecule has 0 aliphatic heterocycles. The summed E-state index contributed by atoms with van der Waals surface area (Å²) in [6.07, 6.45) is 1.89. The second-order valence-electron chi connectivity index (χ2n) is 5.13. The van der Waals surface area contributed by atoms with Crippen molar-refractivity contribution < 1.29 is 0 Å². The summed E-state index contributed by atoms with van der Waals surface area (Å²) in [6.45, 7) is 6.29. The first-order valence-electron chi connectivity index (χ1n) is 6.86. The van der Waals surface area contributed by atoms with Gasteiger partial charge >= 0.3 is 0 Å². The molecule has 108 valence electrons. The second kappa shape index (κ2) is 5.33. The molecule has 0 amide bonds. The third kappa shape index (κ3) is 2.45. The summed E-state index contributed by atoms with van der Waals surface area (Å²) in [6, 6.07) is 6.42. The van der Waals surface area contributed by atoms with Gasteiger partial charge in [0.15, 0.2) is 5.13 Å². The zero-order chi connectivity index (χ0) is 15.0.